The largest absolute Gasteiger partial charge is 0.288 e. The molecule has 6 nitrogen and oxygen atoms in total. The van der Waals surface area contributed by atoms with Gasteiger partial charge in [-0.05, 0) is 25.5 Å². The molecule has 0 spiro atoms. The van der Waals surface area contributed by atoms with Gasteiger partial charge in [0.1, 0.15) is 5.82 Å². The number of carbonyl (C=O) groups is 1. The summed E-state index contributed by atoms with van der Waals surface area (Å²) in [4.78, 5) is 23.2. The van der Waals surface area contributed by atoms with Crippen LogP contribution in [0.3, 0.4) is 0 Å². The average molecular weight is 361 g/mol. The van der Waals surface area contributed by atoms with Crippen molar-refractivity contribution in [3.05, 3.63) is 30.1 Å². The quantitative estimate of drug-likeness (QED) is 0.652. The molecule has 1 N–H and O–H groups in total. The van der Waals surface area contributed by atoms with E-state index in [1.807, 2.05) is 31.2 Å². The van der Waals surface area contributed by atoms with Gasteiger partial charge in [0.15, 0.2) is 5.13 Å². The van der Waals surface area contributed by atoms with Crippen LogP contribution in [0.4, 0.5) is 5.13 Å². The Kier molecular flexibility index (Phi) is 5.47. The van der Waals surface area contributed by atoms with Gasteiger partial charge in [0.05, 0.1) is 16.0 Å². The molecule has 0 saturated carbocycles. The highest BCUT2D eigenvalue weighted by atomic mass is 32.2. The Morgan fingerprint density at radius 2 is 2.12 bits per heavy atom. The molecule has 8 heteroatoms. The number of aryl methyl sites for hydroxylation is 1. The topological polar surface area (TPSA) is 74.8 Å². The van der Waals surface area contributed by atoms with E-state index in [1.54, 1.807) is 4.90 Å². The number of hydrogen-bond acceptors (Lipinski definition) is 6. The van der Waals surface area contributed by atoms with E-state index in [1.165, 1.54) is 23.1 Å². The summed E-state index contributed by atoms with van der Waals surface area (Å²) in [5, 5.41) is 8.41. The Labute approximate surface area is 148 Å². The summed E-state index contributed by atoms with van der Waals surface area (Å²) >= 11 is 2.89. The number of para-hydroxylation sites is 1. The Morgan fingerprint density at radius 1 is 1.29 bits per heavy atom. The normalized spacial score (nSPS) is 11.1. The zero-order valence-electron chi connectivity index (χ0n) is 13.7. The Balaban J connectivity index is 1.67. The zero-order valence-corrected chi connectivity index (χ0v) is 15.3. The van der Waals surface area contributed by atoms with Crippen LogP contribution in [-0.2, 0) is 11.2 Å². The zero-order chi connectivity index (χ0) is 16.9. The molecule has 1 amide bonds. The van der Waals surface area contributed by atoms with E-state index < -0.39 is 0 Å². The van der Waals surface area contributed by atoms with E-state index in [-0.39, 0.29) is 5.91 Å². The maximum absolute atomic E-state index is 12.6. The first-order chi connectivity index (χ1) is 11.7. The van der Waals surface area contributed by atoms with Gasteiger partial charge in [0.2, 0.25) is 11.1 Å². The fraction of sp³-hybridized carbons (Fsp3) is 0.375. The summed E-state index contributed by atoms with van der Waals surface area (Å²) in [6.45, 7) is 4.64. The highest BCUT2D eigenvalue weighted by molar-refractivity contribution is 7.99. The van der Waals surface area contributed by atoms with E-state index in [0.29, 0.717) is 17.5 Å². The minimum absolute atomic E-state index is 0.0170. The molecule has 1 aromatic carbocycles. The fourth-order valence-corrected chi connectivity index (χ4v) is 4.03. The Hall–Kier alpha value is -1.93. The lowest BCUT2D eigenvalue weighted by Crippen LogP contribution is -2.32. The first-order valence-electron chi connectivity index (χ1n) is 7.91. The van der Waals surface area contributed by atoms with Gasteiger partial charge in [-0.25, -0.2) is 9.97 Å². The third-order valence-corrected chi connectivity index (χ3v) is 5.34. The molecule has 0 fully saturated rings. The predicted molar refractivity (Wildman–Crippen MR) is 98.7 cm³/mol. The van der Waals surface area contributed by atoms with Crippen LogP contribution in [0.2, 0.25) is 0 Å². The number of nitrogens with zero attached hydrogens (tertiary/aromatic N) is 4. The molecule has 0 atom stereocenters. The number of benzene rings is 1. The van der Waals surface area contributed by atoms with Crippen LogP contribution >= 0.6 is 23.1 Å². The number of aromatic nitrogens is 4. The minimum atomic E-state index is 0.0170. The fourth-order valence-electron chi connectivity index (χ4n) is 2.29. The maximum Gasteiger partial charge on any atom is 0.239 e. The number of anilines is 1. The number of nitrogens with one attached hydrogen (secondary N) is 1. The van der Waals surface area contributed by atoms with E-state index >= 15 is 0 Å². The van der Waals surface area contributed by atoms with Crippen LogP contribution in [0, 0.1) is 0 Å². The van der Waals surface area contributed by atoms with E-state index in [2.05, 4.69) is 27.1 Å². The number of thiazole rings is 1. The molecule has 0 radical (unpaired) electrons. The molecule has 3 aromatic rings. The third-order valence-electron chi connectivity index (χ3n) is 3.45. The lowest BCUT2D eigenvalue weighted by molar-refractivity contribution is -0.116. The smallest absolute Gasteiger partial charge is 0.239 e. The van der Waals surface area contributed by atoms with Crippen LogP contribution in [0.25, 0.3) is 10.2 Å². The number of carbonyl (C=O) groups excluding carboxylic acids is 1. The van der Waals surface area contributed by atoms with Crippen molar-refractivity contribution in [3.63, 3.8) is 0 Å². The number of thioether (sulfide) groups is 1. The lowest BCUT2D eigenvalue weighted by Gasteiger charge is -2.16. The summed E-state index contributed by atoms with van der Waals surface area (Å²) in [5.41, 5.74) is 0.926. The van der Waals surface area contributed by atoms with Crippen LogP contribution < -0.4 is 4.90 Å². The van der Waals surface area contributed by atoms with Gasteiger partial charge in [-0.1, -0.05) is 42.2 Å². The lowest BCUT2D eigenvalue weighted by atomic mass is 10.3. The Morgan fingerprint density at radius 3 is 2.88 bits per heavy atom. The summed E-state index contributed by atoms with van der Waals surface area (Å²) < 4.78 is 1.09. The van der Waals surface area contributed by atoms with Crippen LogP contribution in [0.5, 0.6) is 0 Å². The van der Waals surface area contributed by atoms with E-state index in [4.69, 9.17) is 0 Å². The number of rotatable bonds is 7. The maximum atomic E-state index is 12.6. The molecule has 0 aliphatic rings. The number of H-pyrrole nitrogens is 1. The molecular weight excluding hydrogens is 342 g/mol. The van der Waals surface area contributed by atoms with Crippen LogP contribution in [-0.4, -0.2) is 38.4 Å². The molecule has 0 aliphatic heterocycles. The van der Waals surface area contributed by atoms with Gasteiger partial charge in [-0.15, -0.1) is 5.10 Å². The third kappa shape index (κ3) is 3.76. The van der Waals surface area contributed by atoms with Gasteiger partial charge in [0, 0.05) is 13.0 Å². The van der Waals surface area contributed by atoms with Crippen molar-refractivity contribution in [2.45, 2.75) is 31.8 Å². The summed E-state index contributed by atoms with van der Waals surface area (Å²) in [7, 11) is 0. The molecule has 2 aromatic heterocycles. The van der Waals surface area contributed by atoms with Crippen molar-refractivity contribution in [2.75, 3.05) is 17.2 Å². The summed E-state index contributed by atoms with van der Waals surface area (Å²) in [5.74, 6) is 1.18. The van der Waals surface area contributed by atoms with Crippen molar-refractivity contribution in [1.29, 1.82) is 0 Å². The Bertz CT molecular complexity index is 796. The molecular formula is C16H19N5OS2. The monoisotopic (exact) mass is 361 g/mol. The molecule has 0 saturated heterocycles. The number of hydrogen-bond donors (Lipinski definition) is 1. The molecule has 0 unspecified atom stereocenters. The minimum Gasteiger partial charge on any atom is -0.288 e. The van der Waals surface area contributed by atoms with E-state index in [9.17, 15) is 4.79 Å². The SMILES string of the molecule is CCCc1nc(SCC(=O)N(CC)c2nc3ccccc3s2)n[nH]1. The molecule has 24 heavy (non-hydrogen) atoms. The van der Waals surface area contributed by atoms with Crippen molar-refractivity contribution in [3.8, 4) is 0 Å². The molecule has 0 aliphatic carbocycles. The predicted octanol–water partition coefficient (Wildman–Crippen LogP) is 3.51. The van der Waals surface area contributed by atoms with Gasteiger partial charge >= 0.3 is 0 Å². The highest BCUT2D eigenvalue weighted by Gasteiger charge is 2.19. The van der Waals surface area contributed by atoms with Crippen molar-refractivity contribution in [2.24, 2.45) is 0 Å². The first kappa shape index (κ1) is 16.9. The van der Waals surface area contributed by atoms with Crippen LogP contribution in [0.15, 0.2) is 29.4 Å². The van der Waals surface area contributed by atoms with Crippen molar-refractivity contribution in [1.82, 2.24) is 20.2 Å². The number of amides is 1. The molecule has 126 valence electrons. The highest BCUT2D eigenvalue weighted by Crippen LogP contribution is 2.29. The van der Waals surface area contributed by atoms with Gasteiger partial charge in [0.25, 0.3) is 0 Å². The number of aromatic amines is 1. The average Bonchev–Trinajstić information content (AvgIpc) is 3.20. The van der Waals surface area contributed by atoms with Gasteiger partial charge in [-0.2, -0.15) is 0 Å². The van der Waals surface area contributed by atoms with Gasteiger partial charge in [-0.3, -0.25) is 14.8 Å². The number of fused-ring (bicyclic) bond motifs is 1. The molecule has 3 rings (SSSR count). The summed E-state index contributed by atoms with van der Waals surface area (Å²) in [6.07, 6.45) is 1.88. The van der Waals surface area contributed by atoms with Crippen molar-refractivity contribution >= 4 is 44.4 Å². The van der Waals surface area contributed by atoms with Crippen LogP contribution in [0.1, 0.15) is 26.1 Å². The van der Waals surface area contributed by atoms with Gasteiger partial charge < -0.3 is 0 Å². The van der Waals surface area contributed by atoms with E-state index in [0.717, 1.165) is 34.0 Å². The second kappa shape index (κ2) is 7.76. The van der Waals surface area contributed by atoms with Crippen molar-refractivity contribution < 1.29 is 4.79 Å². The standard InChI is InChI=1S/C16H19N5OS2/c1-3-7-13-18-15(20-19-13)23-10-14(22)21(4-2)16-17-11-8-5-6-9-12(11)24-16/h5-6,8-9H,3-4,7,10H2,1-2H3,(H,18,19,20). The second-order valence-corrected chi connectivity index (χ2v) is 7.16. The second-order valence-electron chi connectivity index (χ2n) is 5.21. The molecule has 0 bridgehead atoms. The molecule has 2 heterocycles. The summed E-state index contributed by atoms with van der Waals surface area (Å²) in [6, 6.07) is 7.92. The first-order valence-corrected chi connectivity index (χ1v) is 9.71.